The summed E-state index contributed by atoms with van der Waals surface area (Å²) in [6, 6.07) is 112. The van der Waals surface area contributed by atoms with Crippen molar-refractivity contribution in [2.75, 3.05) is 0 Å². The van der Waals surface area contributed by atoms with Gasteiger partial charge in [0, 0.05) is 94.7 Å². The van der Waals surface area contributed by atoms with Gasteiger partial charge in [-0.15, -0.1) is 11.3 Å². The average Bonchev–Trinajstić information content (AvgIpc) is 1.57. The summed E-state index contributed by atoms with van der Waals surface area (Å²) in [5, 5.41) is 19.8. The highest BCUT2D eigenvalue weighted by atomic mass is 32.1. The molecule has 14 aromatic carbocycles. The van der Waals surface area contributed by atoms with Crippen molar-refractivity contribution >= 4 is 184 Å². The molecule has 11 heterocycles. The van der Waals surface area contributed by atoms with E-state index in [2.05, 4.69) is 278 Å². The zero-order valence-electron chi connectivity index (χ0n) is 59.6. The lowest BCUT2D eigenvalue weighted by Gasteiger charge is -2.11. The first kappa shape index (κ1) is 63.0. The molecule has 0 aliphatic rings. The molecule has 0 aliphatic carbocycles. The smallest absolute Gasteiger partial charge is 0.197 e. The Bertz CT molecular complexity index is 7870. The van der Waals surface area contributed by atoms with Crippen molar-refractivity contribution in [3.63, 3.8) is 0 Å². The van der Waals surface area contributed by atoms with Gasteiger partial charge in [0.1, 0.15) is 22.2 Å². The fourth-order valence-electron chi connectivity index (χ4n) is 16.5. The lowest BCUT2D eigenvalue weighted by molar-refractivity contribution is 0.662. The number of hydrogen-bond acceptors (Lipinski definition) is 11. The number of pyridine rings is 2. The molecule has 0 fully saturated rings. The Morgan fingerprint density at radius 3 is 1.05 bits per heavy atom. The first-order valence-electron chi connectivity index (χ1n) is 37.2. The monoisotopic (exact) mass is 1450 g/mol. The van der Waals surface area contributed by atoms with Gasteiger partial charge in [-0.2, -0.15) is 0 Å². The minimum Gasteiger partial charge on any atom is -0.450 e. The van der Waals surface area contributed by atoms with Crippen molar-refractivity contribution in [3.05, 3.63) is 346 Å². The van der Waals surface area contributed by atoms with Gasteiger partial charge in [0.05, 0.1) is 43.3 Å². The maximum atomic E-state index is 6.51. The summed E-state index contributed by atoms with van der Waals surface area (Å²) >= 11 is 1.75. The van der Waals surface area contributed by atoms with Crippen molar-refractivity contribution in [1.82, 2.24) is 53.6 Å². The first-order valence-corrected chi connectivity index (χ1v) is 38.0. The lowest BCUT2D eigenvalue weighted by Crippen LogP contribution is -2.02. The van der Waals surface area contributed by atoms with Crippen LogP contribution in [0.5, 0.6) is 0 Å². The van der Waals surface area contributed by atoms with Crippen molar-refractivity contribution in [1.29, 1.82) is 0 Å². The van der Waals surface area contributed by atoms with Crippen LogP contribution in [0.2, 0.25) is 0 Å². The van der Waals surface area contributed by atoms with E-state index in [4.69, 9.17) is 38.7 Å². The Morgan fingerprint density at radius 1 is 0.241 bits per heavy atom. The van der Waals surface area contributed by atoms with E-state index in [0.717, 1.165) is 121 Å². The minimum absolute atomic E-state index is 0.615. The van der Waals surface area contributed by atoms with E-state index in [1.165, 1.54) is 74.7 Å². The molecule has 11 aromatic heterocycles. The minimum atomic E-state index is 0.615. The fourth-order valence-corrected chi connectivity index (χ4v) is 17.7. The van der Waals surface area contributed by atoms with Crippen molar-refractivity contribution < 1.29 is 8.83 Å². The van der Waals surface area contributed by atoms with Crippen LogP contribution in [0.4, 0.5) is 0 Å². The number of hydrogen-bond donors (Lipinski definition) is 0. The zero-order chi connectivity index (χ0) is 73.5. The molecule has 0 saturated carbocycles. The standard InChI is InChI=1S/C36H21N3O.C31H18N4O.C31H18N4S/c1-2-10-23-19-26(18-17-22(23)9-1)35-37-33-28-14-6-8-16-32(28)40-34(33)36(38-35)39-30-15-7-5-13-27(30)29-20-24-11-3-4-12-25(24)21-31(29)39;2*1-2-9-20-17-26-24(16-19(20)8-1)22-11-3-5-13-25(22)35(26)31-29-28(23-12-4-6-14-27(23)36-29)33-30(34-31)21-10-7-15-32-18-21/h1-21H;2*1-18H. The number of thiophene rings is 1. The Kier molecular flexibility index (Phi) is 14.2. The molecule has 0 amide bonds. The topological polar surface area (TPSA) is 144 Å². The summed E-state index contributed by atoms with van der Waals surface area (Å²) in [5.74, 6) is 4.33. The predicted molar refractivity (Wildman–Crippen MR) is 458 cm³/mol. The Hall–Kier alpha value is -15.1. The summed E-state index contributed by atoms with van der Waals surface area (Å²) in [5.41, 5.74) is 14.9. The molecule has 0 bridgehead atoms. The fraction of sp³-hybridized carbons (Fsp3) is 0. The number of benzene rings is 14. The second-order valence-electron chi connectivity index (χ2n) is 28.2. The Labute approximate surface area is 640 Å². The number of para-hydroxylation sites is 5. The predicted octanol–water partition coefficient (Wildman–Crippen LogP) is 25.3. The van der Waals surface area contributed by atoms with Gasteiger partial charge in [-0.3, -0.25) is 23.7 Å². The Balaban J connectivity index is 0.000000100. The quantitative estimate of drug-likeness (QED) is 0.158. The van der Waals surface area contributed by atoms with Crippen molar-refractivity contribution in [3.8, 4) is 51.6 Å². The molecular formula is C98H57N11O2S. The number of furan rings is 2. The van der Waals surface area contributed by atoms with Gasteiger partial charge in [-0.05, 0) is 158 Å². The summed E-state index contributed by atoms with van der Waals surface area (Å²) in [6.45, 7) is 0. The Morgan fingerprint density at radius 2 is 0.598 bits per heavy atom. The van der Waals surface area contributed by atoms with E-state index in [1.54, 1.807) is 29.9 Å². The number of nitrogens with zero attached hydrogens (tertiary/aromatic N) is 11. The second-order valence-corrected chi connectivity index (χ2v) is 29.2. The molecule has 112 heavy (non-hydrogen) atoms. The molecule has 14 heteroatoms. The number of rotatable bonds is 6. The molecule has 0 saturated heterocycles. The third kappa shape index (κ3) is 10.1. The van der Waals surface area contributed by atoms with E-state index < -0.39 is 0 Å². The lowest BCUT2D eigenvalue weighted by atomic mass is 10.1. The normalized spacial score (nSPS) is 11.9. The average molecular weight is 1450 g/mol. The molecule has 0 unspecified atom stereocenters. The van der Waals surface area contributed by atoms with Crippen LogP contribution in [0.25, 0.3) is 225 Å². The summed E-state index contributed by atoms with van der Waals surface area (Å²) < 4.78 is 22.0. The highest BCUT2D eigenvalue weighted by Crippen LogP contribution is 2.45. The molecule has 0 atom stereocenters. The number of aromatic nitrogens is 11. The van der Waals surface area contributed by atoms with Crippen LogP contribution in [0.1, 0.15) is 0 Å². The van der Waals surface area contributed by atoms with Gasteiger partial charge in [-0.1, -0.05) is 206 Å². The van der Waals surface area contributed by atoms with Crippen LogP contribution in [0.15, 0.2) is 355 Å². The molecule has 0 N–H and O–H groups in total. The molecule has 0 aliphatic heterocycles. The van der Waals surface area contributed by atoms with Gasteiger partial charge in [-0.25, -0.2) is 29.9 Å². The van der Waals surface area contributed by atoms with Gasteiger partial charge < -0.3 is 8.83 Å². The van der Waals surface area contributed by atoms with E-state index in [-0.39, 0.29) is 0 Å². The van der Waals surface area contributed by atoms with E-state index in [1.807, 2.05) is 72.9 Å². The van der Waals surface area contributed by atoms with Crippen LogP contribution in [-0.2, 0) is 0 Å². The third-order valence-electron chi connectivity index (χ3n) is 21.7. The molecule has 0 spiro atoms. The van der Waals surface area contributed by atoms with Gasteiger partial charge in [0.2, 0.25) is 0 Å². The molecular weight excluding hydrogens is 1400 g/mol. The molecule has 25 aromatic rings. The third-order valence-corrected chi connectivity index (χ3v) is 22.9. The molecule has 25 rings (SSSR count). The maximum Gasteiger partial charge on any atom is 0.197 e. The van der Waals surface area contributed by atoms with Gasteiger partial charge in [0.25, 0.3) is 0 Å². The highest BCUT2D eigenvalue weighted by Gasteiger charge is 2.27. The van der Waals surface area contributed by atoms with E-state index in [0.29, 0.717) is 28.6 Å². The van der Waals surface area contributed by atoms with Gasteiger partial charge >= 0.3 is 0 Å². The summed E-state index contributed by atoms with van der Waals surface area (Å²) in [4.78, 5) is 39.3. The largest absolute Gasteiger partial charge is 0.450 e. The van der Waals surface area contributed by atoms with Crippen molar-refractivity contribution in [2.24, 2.45) is 0 Å². The highest BCUT2D eigenvalue weighted by molar-refractivity contribution is 7.26. The van der Waals surface area contributed by atoms with Gasteiger partial charge in [0.15, 0.2) is 46.1 Å². The molecule has 13 nitrogen and oxygen atoms in total. The van der Waals surface area contributed by atoms with Crippen LogP contribution >= 0.6 is 11.3 Å². The SMILES string of the molecule is c1ccc2cc(-c3nc(-n4c5ccccc5c5cc6ccccc6cc54)c4oc5ccccc5c4n3)ccc2c1.c1cncc(-c2nc(-n3c4ccccc4c4cc5ccccc5cc43)c3oc4ccccc4c3n2)c1.c1cncc(-c2nc(-n3c4ccccc4c4cc5ccccc5cc43)c3sc4ccccc4c3n2)c1. The van der Waals surface area contributed by atoms with Crippen LogP contribution < -0.4 is 0 Å². The first-order chi connectivity index (χ1) is 55.5. The van der Waals surface area contributed by atoms with Crippen LogP contribution in [0.3, 0.4) is 0 Å². The maximum absolute atomic E-state index is 6.51. The van der Waals surface area contributed by atoms with Crippen LogP contribution in [0, 0.1) is 0 Å². The molecule has 522 valence electrons. The van der Waals surface area contributed by atoms with E-state index >= 15 is 0 Å². The molecule has 0 radical (unpaired) electrons. The summed E-state index contributed by atoms with van der Waals surface area (Å²) in [6.07, 6.45) is 7.17. The van der Waals surface area contributed by atoms with E-state index in [9.17, 15) is 0 Å². The van der Waals surface area contributed by atoms with Crippen LogP contribution in [-0.4, -0.2) is 53.6 Å². The second kappa shape index (κ2) is 25.3. The van der Waals surface area contributed by atoms with Crippen molar-refractivity contribution in [2.45, 2.75) is 0 Å². The zero-order valence-corrected chi connectivity index (χ0v) is 60.4. The summed E-state index contributed by atoms with van der Waals surface area (Å²) in [7, 11) is 0. The number of fused-ring (bicyclic) bond motifs is 22.